The molecule has 0 unspecified atom stereocenters. The molecular weight excluding hydrogens is 1500 g/mol. The van der Waals surface area contributed by atoms with E-state index in [1.807, 2.05) is 41.5 Å². The van der Waals surface area contributed by atoms with E-state index in [9.17, 15) is 55.2 Å². The van der Waals surface area contributed by atoms with Crippen LogP contribution in [-0.2, 0) is 58.3 Å². The van der Waals surface area contributed by atoms with Gasteiger partial charge in [0.15, 0.2) is 0 Å². The predicted octanol–water partition coefficient (Wildman–Crippen LogP) is 9.23. The van der Waals surface area contributed by atoms with Gasteiger partial charge in [-0.2, -0.15) is 0 Å². The maximum atomic E-state index is 14.8. The Hall–Kier alpha value is -9.78. The van der Waals surface area contributed by atoms with Crippen molar-refractivity contribution in [1.29, 1.82) is 0 Å². The Balaban J connectivity index is 0.000000218. The summed E-state index contributed by atoms with van der Waals surface area (Å²) in [6.45, 7) is 22.2. The van der Waals surface area contributed by atoms with Crippen LogP contribution in [-0.4, -0.2) is 182 Å². The number of aromatic nitrogens is 2. The van der Waals surface area contributed by atoms with Crippen LogP contribution in [0.25, 0.3) is 21.5 Å². The number of hydrogen-bond donors (Lipinski definition) is 6. The standard InChI is InChI=1S/C40H48ClN5O9S.C38H44ClN5O9S/c1-8-24-19-40(24,38(50)45-56(51,52)28-13-14-28)44-34(47)31-18-27(55-35-30-17-25(41)12-15-29(30)32(53-7)20-42-35)21-46(31)36(48)33(39(4,5)6)43-26-11-9-10-23(16-26)37(49)54-22(2)3;1-7-22-18-38(22,36(48)43-54(49,50)26-12-13-26)42-32(45)29-17-25(53-33-28-16-23(39)11-14-27(28)30(51-5)19-40-33)20-44(29)34(46)31(37(2,3)4)41-24-10-8-9-21(15-24)35(47)52-6/h8-12,15-17,20,22,24,27-28,31,33,43H,1,13-14,18-19,21H2,2-7H3,(H,44,47)(H,45,50);7-11,14-16,19,22,25-26,29,31,41H,1,12-13,17-18,20H2,2-6H3,(H,42,45)(H,43,48)/t24-,27-,31+,33-,40-;22-,25-,29+,31-,38-/m11/s1. The van der Waals surface area contributed by atoms with E-state index in [4.69, 9.17) is 51.6 Å². The number of ether oxygens (including phenoxy) is 6. The molecule has 0 radical (unpaired) electrons. The number of hydrogen-bond acceptors (Lipinski definition) is 22. The second-order valence-electron chi connectivity index (χ2n) is 31.0. The normalized spacial score (nSPS) is 22.7. The fourth-order valence-electron chi connectivity index (χ4n) is 13.8. The fourth-order valence-corrected chi connectivity index (χ4v) is 16.9. The van der Waals surface area contributed by atoms with Crippen LogP contribution < -0.4 is 49.7 Å². The summed E-state index contributed by atoms with van der Waals surface area (Å²) in [5.74, 6) is -4.59. The molecule has 12 rings (SSSR count). The number of anilines is 2. The molecule has 0 spiro atoms. The second kappa shape index (κ2) is 31.9. The highest BCUT2D eigenvalue weighted by molar-refractivity contribution is 7.91. The number of nitrogens with one attached hydrogen (secondary N) is 6. The lowest BCUT2D eigenvalue weighted by molar-refractivity contribution is -0.141. The first-order valence-electron chi connectivity index (χ1n) is 36.1. The van der Waals surface area contributed by atoms with Gasteiger partial charge in [-0.15, -0.1) is 13.2 Å². The Morgan fingerprint density at radius 1 is 0.564 bits per heavy atom. The number of benzene rings is 4. The third-order valence-electron chi connectivity index (χ3n) is 20.3. The fraction of sp³-hybridized carbons (Fsp3) is 0.462. The summed E-state index contributed by atoms with van der Waals surface area (Å²) in [7, 11) is -3.51. The van der Waals surface area contributed by atoms with Gasteiger partial charge in [-0.3, -0.25) is 38.2 Å². The Kier molecular flexibility index (Phi) is 23.6. The number of sulfonamides is 2. The number of methoxy groups -OCH3 is 3. The van der Waals surface area contributed by atoms with Gasteiger partial charge in [-0.25, -0.2) is 36.4 Å². The Bertz CT molecular complexity index is 4890. The van der Waals surface area contributed by atoms with E-state index < -0.39 is 148 Å². The molecule has 6 amide bonds. The quantitative estimate of drug-likeness (QED) is 0.0206. The average molecular weight is 1590 g/mol. The highest BCUT2D eigenvalue weighted by Gasteiger charge is 2.64. The number of carbonyl (C=O) groups excluding carboxylic acids is 8. The van der Waals surface area contributed by atoms with Crippen molar-refractivity contribution in [3.05, 3.63) is 144 Å². The van der Waals surface area contributed by atoms with E-state index in [2.05, 4.69) is 53.8 Å². The van der Waals surface area contributed by atoms with Gasteiger partial charge in [-0.05, 0) is 136 Å². The lowest BCUT2D eigenvalue weighted by Crippen LogP contribution is -2.58. The molecular formula is C78H92Cl2N10O18S2. The van der Waals surface area contributed by atoms with Crippen molar-refractivity contribution >= 4 is 124 Å². The van der Waals surface area contributed by atoms with E-state index in [0.717, 1.165) is 0 Å². The first kappa shape index (κ1) is 81.2. The van der Waals surface area contributed by atoms with Gasteiger partial charge >= 0.3 is 11.9 Å². The average Bonchev–Trinajstić information content (AvgIpc) is 1.57. The number of nitrogens with zero attached hydrogens (tertiary/aromatic N) is 4. The van der Waals surface area contributed by atoms with Crippen molar-refractivity contribution in [2.75, 3.05) is 45.1 Å². The first-order chi connectivity index (χ1) is 51.9. The lowest BCUT2D eigenvalue weighted by Gasteiger charge is -2.36. The highest BCUT2D eigenvalue weighted by Crippen LogP contribution is 2.48. The zero-order chi connectivity index (χ0) is 79.9. The van der Waals surface area contributed by atoms with Crippen molar-refractivity contribution in [1.82, 2.24) is 39.8 Å². The highest BCUT2D eigenvalue weighted by atomic mass is 35.5. The lowest BCUT2D eigenvalue weighted by atomic mass is 9.85. The SMILES string of the molecule is C=C[C@@H]1C[C@]1(NC(=O)[C@@H]1C[C@@H](Oc2ncc(OC)c3ccc(Cl)cc23)CN1C(=O)[C@@H](Nc1cccc(C(=O)OC(C)C)c1)C(C)(C)C)C(=O)NS(=O)(=O)C1CC1.C=C[C@@H]1C[C@]1(NC(=O)[C@@H]1C[C@@H](Oc2ncc(OC)c3ccc(Cl)cc23)CN1C(=O)[C@@H](Nc1cccc(C(=O)OC)c1)C(C)(C)C)C(=O)NS(=O)(=O)C1CC1. The number of fused-ring (bicyclic) bond motifs is 2. The molecule has 6 fully saturated rings. The molecule has 4 heterocycles. The van der Waals surface area contributed by atoms with Gasteiger partial charge in [0.05, 0.1) is 74.5 Å². The molecule has 588 valence electrons. The van der Waals surface area contributed by atoms with Crippen LogP contribution in [0.2, 0.25) is 10.0 Å². The molecule has 32 heteroatoms. The molecule has 4 saturated carbocycles. The number of esters is 2. The summed E-state index contributed by atoms with van der Waals surface area (Å²) in [5.41, 5.74) is -3.03. The van der Waals surface area contributed by atoms with Crippen molar-refractivity contribution in [3.63, 3.8) is 0 Å². The van der Waals surface area contributed by atoms with Gasteiger partial charge in [0.2, 0.25) is 55.4 Å². The van der Waals surface area contributed by atoms with E-state index >= 15 is 0 Å². The maximum absolute atomic E-state index is 14.8. The number of carbonyl (C=O) groups is 8. The molecule has 28 nitrogen and oxygen atoms in total. The van der Waals surface area contributed by atoms with Crippen LogP contribution in [0.1, 0.15) is 127 Å². The third-order valence-corrected chi connectivity index (χ3v) is 24.4. The molecule has 6 aromatic rings. The number of rotatable bonds is 27. The number of likely N-dealkylation sites (tertiary alicyclic amines) is 2. The zero-order valence-electron chi connectivity index (χ0n) is 62.9. The maximum Gasteiger partial charge on any atom is 0.338 e. The Morgan fingerprint density at radius 3 is 1.29 bits per heavy atom. The van der Waals surface area contributed by atoms with Crippen molar-refractivity contribution < 1.29 is 83.6 Å². The minimum atomic E-state index is -3.91. The molecule has 10 atom stereocenters. The first-order valence-corrected chi connectivity index (χ1v) is 39.9. The molecule has 4 aromatic carbocycles. The smallest absolute Gasteiger partial charge is 0.338 e. The van der Waals surface area contributed by atoms with Gasteiger partial charge in [0, 0.05) is 67.6 Å². The largest absolute Gasteiger partial charge is 0.494 e. The van der Waals surface area contributed by atoms with Crippen LogP contribution in [0.15, 0.2) is 123 Å². The second-order valence-corrected chi connectivity index (χ2v) is 35.8. The predicted molar refractivity (Wildman–Crippen MR) is 413 cm³/mol. The summed E-state index contributed by atoms with van der Waals surface area (Å²) < 4.78 is 89.4. The van der Waals surface area contributed by atoms with Gasteiger partial charge in [-0.1, -0.05) is 89.0 Å². The zero-order valence-corrected chi connectivity index (χ0v) is 66.1. The van der Waals surface area contributed by atoms with E-state index in [0.29, 0.717) is 85.7 Å². The Labute approximate surface area is 648 Å². The van der Waals surface area contributed by atoms with E-state index in [1.54, 1.807) is 98.8 Å². The number of halogens is 2. The monoisotopic (exact) mass is 1590 g/mol. The summed E-state index contributed by atoms with van der Waals surface area (Å²) in [5, 5.41) is 14.3. The molecule has 0 bridgehead atoms. The van der Waals surface area contributed by atoms with Crippen LogP contribution >= 0.6 is 23.2 Å². The summed E-state index contributed by atoms with van der Waals surface area (Å²) >= 11 is 12.7. The summed E-state index contributed by atoms with van der Waals surface area (Å²) in [6, 6.07) is 19.4. The number of pyridine rings is 2. The van der Waals surface area contributed by atoms with Crippen LogP contribution in [0, 0.1) is 22.7 Å². The third kappa shape index (κ3) is 17.8. The molecule has 2 aliphatic heterocycles. The summed E-state index contributed by atoms with van der Waals surface area (Å²) in [6.07, 6.45) is 6.31. The molecule has 2 aromatic heterocycles. The van der Waals surface area contributed by atoms with Crippen molar-refractivity contribution in [2.45, 2.75) is 171 Å². The molecule has 4 aliphatic carbocycles. The van der Waals surface area contributed by atoms with Crippen molar-refractivity contribution in [2.24, 2.45) is 22.7 Å². The molecule has 6 aliphatic rings. The van der Waals surface area contributed by atoms with Crippen LogP contribution in [0.5, 0.6) is 23.3 Å². The topological polar surface area (TPSA) is 365 Å². The molecule has 110 heavy (non-hydrogen) atoms. The number of amides is 6. The van der Waals surface area contributed by atoms with Crippen LogP contribution in [0.4, 0.5) is 11.4 Å². The van der Waals surface area contributed by atoms with E-state index in [1.165, 1.54) is 55.7 Å². The Morgan fingerprint density at radius 2 is 0.955 bits per heavy atom. The van der Waals surface area contributed by atoms with Gasteiger partial charge in [0.1, 0.15) is 59.0 Å². The molecule has 6 N–H and O–H groups in total. The minimum Gasteiger partial charge on any atom is -0.494 e. The minimum absolute atomic E-state index is 0.0115. The van der Waals surface area contributed by atoms with Crippen LogP contribution in [0.3, 0.4) is 0 Å². The summed E-state index contributed by atoms with van der Waals surface area (Å²) in [4.78, 5) is 122. The van der Waals surface area contributed by atoms with E-state index in [-0.39, 0.29) is 62.2 Å². The van der Waals surface area contributed by atoms with Crippen molar-refractivity contribution in [3.8, 4) is 23.3 Å². The van der Waals surface area contributed by atoms with Gasteiger partial charge < -0.3 is 59.5 Å². The van der Waals surface area contributed by atoms with Gasteiger partial charge in [0.25, 0.3) is 11.8 Å². The molecule has 2 saturated heterocycles.